The van der Waals surface area contributed by atoms with Crippen LogP contribution in [0.2, 0.25) is 0 Å². The highest BCUT2D eigenvalue weighted by molar-refractivity contribution is 6.04. The molecule has 0 unspecified atom stereocenters. The molecule has 5 rings (SSSR count). The molecule has 3 aromatic carbocycles. The van der Waals surface area contributed by atoms with Crippen molar-refractivity contribution in [2.45, 2.75) is 25.8 Å². The van der Waals surface area contributed by atoms with Gasteiger partial charge in [-0.2, -0.15) is 5.10 Å². The molecule has 1 aliphatic rings. The monoisotopic (exact) mass is 460 g/mol. The first kappa shape index (κ1) is 22.2. The molecule has 4 aromatic rings. The number of carbonyl (C=O) groups is 2. The fourth-order valence-corrected chi connectivity index (χ4v) is 4.61. The topological polar surface area (TPSA) is 76.0 Å². The lowest BCUT2D eigenvalue weighted by Crippen LogP contribution is -2.50. The molecule has 2 heterocycles. The zero-order valence-electron chi connectivity index (χ0n) is 19.4. The second-order valence-electron chi connectivity index (χ2n) is 8.65. The molecule has 2 amide bonds. The van der Waals surface area contributed by atoms with Crippen molar-refractivity contribution in [3.05, 3.63) is 112 Å². The smallest absolute Gasteiger partial charge is 0.251 e. The number of hydrogen-bond donors (Lipinski definition) is 2. The van der Waals surface area contributed by atoms with Crippen LogP contribution in [-0.4, -0.2) is 27.6 Å². The van der Waals surface area contributed by atoms with E-state index in [1.54, 1.807) is 16.8 Å². The van der Waals surface area contributed by atoms with E-state index in [1.807, 2.05) is 80.6 Å². The maximum absolute atomic E-state index is 13.5. The van der Waals surface area contributed by atoms with Crippen molar-refractivity contribution < 1.29 is 9.59 Å². The van der Waals surface area contributed by atoms with E-state index in [9.17, 15) is 9.59 Å². The Bertz CT molecular complexity index is 1460. The molecule has 6 heteroatoms. The number of nitrogens with zero attached hydrogens (tertiary/aromatic N) is 2. The van der Waals surface area contributed by atoms with Gasteiger partial charge in [-0.15, -0.1) is 6.42 Å². The molecule has 1 aliphatic heterocycles. The predicted molar refractivity (Wildman–Crippen MR) is 136 cm³/mol. The van der Waals surface area contributed by atoms with Gasteiger partial charge in [0.05, 0.1) is 11.4 Å². The molecule has 0 aliphatic carbocycles. The number of carbonyl (C=O) groups excluding carboxylic acids is 2. The first-order valence-corrected chi connectivity index (χ1v) is 11.4. The highest BCUT2D eigenvalue weighted by atomic mass is 16.2. The predicted octanol–water partition coefficient (Wildman–Crippen LogP) is 4.35. The summed E-state index contributed by atoms with van der Waals surface area (Å²) in [5.41, 5.74) is 5.54. The highest BCUT2D eigenvalue weighted by Gasteiger charge is 2.41. The second-order valence-corrected chi connectivity index (χ2v) is 8.65. The average Bonchev–Trinajstić information content (AvgIpc) is 3.20. The fraction of sp³-hybridized carbons (Fsp3) is 0.138. The quantitative estimate of drug-likeness (QED) is 0.445. The van der Waals surface area contributed by atoms with Crippen LogP contribution in [0.15, 0.2) is 78.9 Å². The maximum Gasteiger partial charge on any atom is 0.251 e. The van der Waals surface area contributed by atoms with Crippen molar-refractivity contribution in [3.63, 3.8) is 0 Å². The van der Waals surface area contributed by atoms with Crippen molar-refractivity contribution >= 4 is 17.6 Å². The van der Waals surface area contributed by atoms with Gasteiger partial charge >= 0.3 is 0 Å². The Morgan fingerprint density at radius 3 is 2.46 bits per heavy atom. The van der Waals surface area contributed by atoms with Gasteiger partial charge in [0.2, 0.25) is 5.91 Å². The van der Waals surface area contributed by atoms with E-state index < -0.39 is 12.0 Å². The lowest BCUT2D eigenvalue weighted by molar-refractivity contribution is -0.118. The molecule has 0 radical (unpaired) electrons. The standard InChI is InChI=1S/C29H24N4O2/c1-4-20-13-15-21(16-14-20)25-24-19(3)32-33(23-11-6-5-7-12-23)27(24)31-29(35)26(25)30-28(34)22-10-8-9-18(2)17-22/h1,5-17,25-26H,2-3H3,(H,30,34)(H,31,35)/t25-,26+/m1/s1. The van der Waals surface area contributed by atoms with Gasteiger partial charge in [-0.1, -0.05) is 53.9 Å². The molecular formula is C29H24N4O2. The van der Waals surface area contributed by atoms with Gasteiger partial charge in [-0.25, -0.2) is 4.68 Å². The van der Waals surface area contributed by atoms with Crippen LogP contribution in [0.1, 0.15) is 44.2 Å². The van der Waals surface area contributed by atoms with Crippen LogP contribution in [-0.2, 0) is 4.79 Å². The molecule has 35 heavy (non-hydrogen) atoms. The zero-order chi connectivity index (χ0) is 24.5. The number of hydrogen-bond acceptors (Lipinski definition) is 3. The van der Waals surface area contributed by atoms with Crippen molar-refractivity contribution in [1.29, 1.82) is 0 Å². The third kappa shape index (κ3) is 4.09. The Morgan fingerprint density at radius 2 is 1.77 bits per heavy atom. The number of rotatable bonds is 4. The largest absolute Gasteiger partial charge is 0.339 e. The molecule has 0 saturated carbocycles. The number of fused-ring (bicyclic) bond motifs is 1. The fourth-order valence-electron chi connectivity index (χ4n) is 4.61. The number of para-hydroxylation sites is 1. The number of benzene rings is 3. The number of aryl methyl sites for hydroxylation is 2. The number of amides is 2. The first-order chi connectivity index (χ1) is 17.0. The number of nitrogens with one attached hydrogen (secondary N) is 2. The molecule has 6 nitrogen and oxygen atoms in total. The SMILES string of the molecule is C#Cc1ccc([C@@H]2c3c(C)nn(-c4ccccc4)c3NC(=O)[C@H]2NC(=O)c2cccc(C)c2)cc1. The summed E-state index contributed by atoms with van der Waals surface area (Å²) in [6, 6.07) is 23.6. The van der Waals surface area contributed by atoms with Gasteiger partial charge in [0.1, 0.15) is 11.9 Å². The molecule has 2 atom stereocenters. The number of aromatic nitrogens is 2. The third-order valence-corrected chi connectivity index (χ3v) is 6.28. The van der Waals surface area contributed by atoms with Gasteiger partial charge in [-0.3, -0.25) is 9.59 Å². The summed E-state index contributed by atoms with van der Waals surface area (Å²) in [5, 5.41) is 10.7. The van der Waals surface area contributed by atoms with Gasteiger partial charge < -0.3 is 10.6 Å². The summed E-state index contributed by atoms with van der Waals surface area (Å²) in [5.74, 6) is 2.17. The molecule has 172 valence electrons. The Hall–Kier alpha value is -4.63. The third-order valence-electron chi connectivity index (χ3n) is 6.28. The number of terminal acetylenes is 1. The van der Waals surface area contributed by atoms with E-state index in [1.165, 1.54) is 0 Å². The Morgan fingerprint density at radius 1 is 1.03 bits per heavy atom. The minimum absolute atomic E-state index is 0.304. The minimum atomic E-state index is -0.834. The average molecular weight is 461 g/mol. The molecular weight excluding hydrogens is 436 g/mol. The Balaban J connectivity index is 1.62. The van der Waals surface area contributed by atoms with Crippen molar-refractivity contribution in [1.82, 2.24) is 15.1 Å². The van der Waals surface area contributed by atoms with Gasteiger partial charge in [0.25, 0.3) is 5.91 Å². The van der Waals surface area contributed by atoms with E-state index in [0.29, 0.717) is 11.4 Å². The molecule has 2 N–H and O–H groups in total. The second kappa shape index (κ2) is 8.96. The normalized spacial score (nSPS) is 16.7. The summed E-state index contributed by atoms with van der Waals surface area (Å²) >= 11 is 0. The van der Waals surface area contributed by atoms with Crippen LogP contribution in [0.4, 0.5) is 5.82 Å². The van der Waals surface area contributed by atoms with Crippen molar-refractivity contribution in [2.75, 3.05) is 5.32 Å². The molecule has 0 bridgehead atoms. The van der Waals surface area contributed by atoms with Crippen LogP contribution < -0.4 is 10.6 Å². The summed E-state index contributed by atoms with van der Waals surface area (Å²) in [6.45, 7) is 3.84. The number of anilines is 1. The lowest BCUT2D eigenvalue weighted by Gasteiger charge is -2.33. The minimum Gasteiger partial charge on any atom is -0.339 e. The summed E-state index contributed by atoms with van der Waals surface area (Å²) in [4.78, 5) is 26.7. The van der Waals surface area contributed by atoms with Crippen LogP contribution in [0.25, 0.3) is 5.69 Å². The van der Waals surface area contributed by atoms with Crippen LogP contribution in [0.5, 0.6) is 0 Å². The summed E-state index contributed by atoms with van der Waals surface area (Å²) < 4.78 is 1.74. The van der Waals surface area contributed by atoms with Crippen molar-refractivity contribution in [2.24, 2.45) is 0 Å². The van der Waals surface area contributed by atoms with Crippen LogP contribution in [0.3, 0.4) is 0 Å². The molecule has 0 fully saturated rings. The van der Waals surface area contributed by atoms with Gasteiger partial charge in [-0.05, 0) is 55.8 Å². The molecule has 1 aromatic heterocycles. The van der Waals surface area contributed by atoms with E-state index in [2.05, 4.69) is 16.6 Å². The van der Waals surface area contributed by atoms with Crippen LogP contribution >= 0.6 is 0 Å². The van der Waals surface area contributed by atoms with Crippen molar-refractivity contribution in [3.8, 4) is 18.0 Å². The summed E-state index contributed by atoms with van der Waals surface area (Å²) in [6.07, 6.45) is 5.55. The maximum atomic E-state index is 13.5. The lowest BCUT2D eigenvalue weighted by atomic mass is 9.81. The van der Waals surface area contributed by atoms with E-state index in [0.717, 1.165) is 33.6 Å². The van der Waals surface area contributed by atoms with Gasteiger partial charge in [0.15, 0.2) is 0 Å². The highest BCUT2D eigenvalue weighted by Crippen LogP contribution is 2.40. The first-order valence-electron chi connectivity index (χ1n) is 11.4. The van der Waals surface area contributed by atoms with E-state index in [4.69, 9.17) is 11.5 Å². The Kier molecular flexibility index (Phi) is 5.68. The van der Waals surface area contributed by atoms with Gasteiger partial charge in [0, 0.05) is 22.6 Å². The van der Waals surface area contributed by atoms with E-state index in [-0.39, 0.29) is 11.8 Å². The Labute approximate surface area is 204 Å². The molecule has 0 saturated heterocycles. The molecule has 0 spiro atoms. The summed E-state index contributed by atoms with van der Waals surface area (Å²) in [7, 11) is 0. The van der Waals surface area contributed by atoms with E-state index >= 15 is 0 Å². The zero-order valence-corrected chi connectivity index (χ0v) is 19.4. The van der Waals surface area contributed by atoms with Crippen LogP contribution in [0, 0.1) is 26.2 Å².